The van der Waals surface area contributed by atoms with E-state index in [1.165, 1.54) is 0 Å². The molecule has 4 nitrogen and oxygen atoms in total. The summed E-state index contributed by atoms with van der Waals surface area (Å²) in [4.78, 5) is 6.28. The summed E-state index contributed by atoms with van der Waals surface area (Å²) in [6.07, 6.45) is 11.8. The highest BCUT2D eigenvalue weighted by Gasteiger charge is 2.04. The van der Waals surface area contributed by atoms with Crippen LogP contribution in [0.1, 0.15) is 5.69 Å². The molecule has 1 aliphatic rings. The van der Waals surface area contributed by atoms with Gasteiger partial charge in [0.15, 0.2) is 0 Å². The summed E-state index contributed by atoms with van der Waals surface area (Å²) in [6.45, 7) is 0.867. The first-order valence-electron chi connectivity index (χ1n) is 6.21. The van der Waals surface area contributed by atoms with Crippen molar-refractivity contribution in [3.8, 4) is 5.69 Å². The first-order chi connectivity index (χ1) is 9.36. The van der Waals surface area contributed by atoms with Gasteiger partial charge in [-0.2, -0.15) is 0 Å². The van der Waals surface area contributed by atoms with Crippen LogP contribution in [-0.2, 0) is 6.61 Å². The van der Waals surface area contributed by atoms with Crippen LogP contribution >= 0.6 is 0 Å². The third kappa shape index (κ3) is 2.44. The minimum absolute atomic E-state index is 0.0318. The molecule has 0 radical (unpaired) electrons. The molecule has 1 aromatic carbocycles. The quantitative estimate of drug-likeness (QED) is 0.912. The molecule has 4 heteroatoms. The first kappa shape index (κ1) is 11.7. The van der Waals surface area contributed by atoms with Crippen molar-refractivity contribution in [2.24, 2.45) is 0 Å². The Morgan fingerprint density at radius 3 is 2.53 bits per heavy atom. The summed E-state index contributed by atoms with van der Waals surface area (Å²) in [5.41, 5.74) is 2.87. The van der Waals surface area contributed by atoms with E-state index in [1.807, 2.05) is 35.0 Å². The van der Waals surface area contributed by atoms with Crippen molar-refractivity contribution < 1.29 is 5.11 Å². The molecule has 0 spiro atoms. The summed E-state index contributed by atoms with van der Waals surface area (Å²) >= 11 is 0. The lowest BCUT2D eigenvalue weighted by molar-refractivity contribution is 0.277. The van der Waals surface area contributed by atoms with Gasteiger partial charge < -0.3 is 14.6 Å². The van der Waals surface area contributed by atoms with E-state index in [0.29, 0.717) is 5.69 Å². The summed E-state index contributed by atoms with van der Waals surface area (Å²) in [6, 6.07) is 8.25. The Balaban J connectivity index is 1.82. The van der Waals surface area contributed by atoms with Crippen molar-refractivity contribution in [2.45, 2.75) is 6.61 Å². The number of hydrogen-bond acceptors (Lipinski definition) is 3. The number of benzene rings is 1. The summed E-state index contributed by atoms with van der Waals surface area (Å²) in [7, 11) is 0. The first-order valence-corrected chi connectivity index (χ1v) is 6.21. The Morgan fingerprint density at radius 2 is 1.89 bits per heavy atom. The molecule has 2 aromatic rings. The van der Waals surface area contributed by atoms with Crippen molar-refractivity contribution >= 4 is 5.69 Å². The zero-order chi connectivity index (χ0) is 13.1. The van der Waals surface area contributed by atoms with E-state index < -0.39 is 0 Å². The SMILES string of the molecule is OCc1cn(-c2ccc(N3C=CC=CC3)cc2)cn1. The molecule has 0 aliphatic carbocycles. The maximum absolute atomic E-state index is 9.02. The number of aromatic nitrogens is 2. The van der Waals surface area contributed by atoms with Crippen molar-refractivity contribution in [1.82, 2.24) is 9.55 Å². The minimum Gasteiger partial charge on any atom is -0.390 e. The number of allylic oxidation sites excluding steroid dienone is 2. The molecule has 2 heterocycles. The largest absolute Gasteiger partial charge is 0.390 e. The number of imidazole rings is 1. The van der Waals surface area contributed by atoms with Gasteiger partial charge in [0.05, 0.1) is 18.6 Å². The molecule has 0 saturated carbocycles. The van der Waals surface area contributed by atoms with Crippen LogP contribution < -0.4 is 4.90 Å². The molecule has 96 valence electrons. The summed E-state index contributed by atoms with van der Waals surface area (Å²) in [5.74, 6) is 0. The highest BCUT2D eigenvalue weighted by molar-refractivity contribution is 5.54. The van der Waals surface area contributed by atoms with E-state index in [-0.39, 0.29) is 6.61 Å². The van der Waals surface area contributed by atoms with Gasteiger partial charge in [-0.25, -0.2) is 4.98 Å². The Bertz CT molecular complexity index is 611. The maximum Gasteiger partial charge on any atom is 0.0996 e. The van der Waals surface area contributed by atoms with E-state index in [2.05, 4.69) is 34.3 Å². The Kier molecular flexibility index (Phi) is 3.16. The van der Waals surface area contributed by atoms with Crippen molar-refractivity contribution in [3.05, 3.63) is 66.9 Å². The van der Waals surface area contributed by atoms with Crippen molar-refractivity contribution in [3.63, 3.8) is 0 Å². The Morgan fingerprint density at radius 1 is 1.11 bits per heavy atom. The van der Waals surface area contributed by atoms with Crippen LogP contribution in [0.2, 0.25) is 0 Å². The Labute approximate surface area is 111 Å². The van der Waals surface area contributed by atoms with Gasteiger partial charge in [0, 0.05) is 30.3 Å². The van der Waals surface area contributed by atoms with Crippen LogP contribution in [0.5, 0.6) is 0 Å². The molecule has 0 amide bonds. The predicted molar refractivity (Wildman–Crippen MR) is 75.1 cm³/mol. The monoisotopic (exact) mass is 253 g/mol. The number of anilines is 1. The number of aliphatic hydroxyl groups is 1. The lowest BCUT2D eigenvalue weighted by Crippen LogP contribution is -2.17. The molecule has 0 fully saturated rings. The fourth-order valence-electron chi connectivity index (χ4n) is 2.06. The Hall–Kier alpha value is -2.33. The van der Waals surface area contributed by atoms with Gasteiger partial charge in [-0.1, -0.05) is 12.2 Å². The molecule has 0 bridgehead atoms. The third-order valence-corrected chi connectivity index (χ3v) is 3.09. The minimum atomic E-state index is -0.0318. The normalized spacial score (nSPS) is 14.1. The van der Waals surface area contributed by atoms with E-state index in [9.17, 15) is 0 Å². The molecule has 19 heavy (non-hydrogen) atoms. The standard InChI is InChI=1S/C15H15N3O/c19-11-13-10-18(12-16-13)15-6-4-14(5-7-15)17-8-2-1-3-9-17/h1-8,10,12,19H,9,11H2. The van der Waals surface area contributed by atoms with Gasteiger partial charge in [-0.05, 0) is 30.3 Å². The molecular formula is C15H15N3O. The summed E-state index contributed by atoms with van der Waals surface area (Å²) in [5, 5.41) is 9.02. The van der Waals surface area contributed by atoms with Gasteiger partial charge in [0.2, 0.25) is 0 Å². The molecule has 1 aliphatic heterocycles. The molecular weight excluding hydrogens is 238 g/mol. The van der Waals surface area contributed by atoms with Crippen molar-refractivity contribution in [2.75, 3.05) is 11.4 Å². The number of rotatable bonds is 3. The van der Waals surface area contributed by atoms with Crippen LogP contribution in [0.4, 0.5) is 5.69 Å². The van der Waals surface area contributed by atoms with Gasteiger partial charge >= 0.3 is 0 Å². The average molecular weight is 253 g/mol. The molecule has 1 N–H and O–H groups in total. The zero-order valence-electron chi connectivity index (χ0n) is 10.5. The second kappa shape index (κ2) is 5.12. The number of nitrogens with zero attached hydrogens (tertiary/aromatic N) is 3. The molecule has 3 rings (SSSR count). The zero-order valence-corrected chi connectivity index (χ0v) is 10.5. The van der Waals surface area contributed by atoms with Crippen molar-refractivity contribution in [1.29, 1.82) is 0 Å². The maximum atomic E-state index is 9.02. The van der Waals surface area contributed by atoms with E-state index >= 15 is 0 Å². The predicted octanol–water partition coefficient (Wildman–Crippen LogP) is 2.25. The highest BCUT2D eigenvalue weighted by Crippen LogP contribution is 2.19. The molecule has 0 unspecified atom stereocenters. The lowest BCUT2D eigenvalue weighted by Gasteiger charge is -2.20. The van der Waals surface area contributed by atoms with E-state index in [1.54, 1.807) is 6.33 Å². The summed E-state index contributed by atoms with van der Waals surface area (Å²) < 4.78 is 1.90. The van der Waals surface area contributed by atoms with Crippen LogP contribution in [-0.4, -0.2) is 21.2 Å². The van der Waals surface area contributed by atoms with Crippen LogP contribution in [0.25, 0.3) is 5.69 Å². The molecule has 0 saturated heterocycles. The smallest absolute Gasteiger partial charge is 0.0996 e. The van der Waals surface area contributed by atoms with Gasteiger partial charge in [0.1, 0.15) is 0 Å². The van der Waals surface area contributed by atoms with Crippen LogP contribution in [0.15, 0.2) is 61.2 Å². The van der Waals surface area contributed by atoms with Gasteiger partial charge in [-0.15, -0.1) is 0 Å². The number of hydrogen-bond donors (Lipinski definition) is 1. The highest BCUT2D eigenvalue weighted by atomic mass is 16.3. The van der Waals surface area contributed by atoms with Gasteiger partial charge in [0.25, 0.3) is 0 Å². The van der Waals surface area contributed by atoms with Crippen LogP contribution in [0.3, 0.4) is 0 Å². The average Bonchev–Trinajstić information content (AvgIpc) is 2.97. The molecule has 0 atom stereocenters. The third-order valence-electron chi connectivity index (χ3n) is 3.09. The van der Waals surface area contributed by atoms with Crippen LogP contribution in [0, 0.1) is 0 Å². The lowest BCUT2D eigenvalue weighted by atomic mass is 10.2. The number of aliphatic hydroxyl groups excluding tert-OH is 1. The fourth-order valence-corrected chi connectivity index (χ4v) is 2.06. The second-order valence-corrected chi connectivity index (χ2v) is 4.37. The fraction of sp³-hybridized carbons (Fsp3) is 0.133. The topological polar surface area (TPSA) is 41.3 Å². The van der Waals surface area contributed by atoms with E-state index in [0.717, 1.165) is 17.9 Å². The molecule has 1 aromatic heterocycles. The second-order valence-electron chi connectivity index (χ2n) is 4.37. The van der Waals surface area contributed by atoms with Gasteiger partial charge in [-0.3, -0.25) is 0 Å². The van der Waals surface area contributed by atoms with E-state index in [4.69, 9.17) is 5.11 Å².